The second-order valence-corrected chi connectivity index (χ2v) is 10.1. The van der Waals surface area contributed by atoms with Gasteiger partial charge in [0.15, 0.2) is 16.4 Å². The van der Waals surface area contributed by atoms with Crippen molar-refractivity contribution in [2.45, 2.75) is 39.7 Å². The minimum absolute atomic E-state index is 0.0383. The molecule has 1 fully saturated rings. The van der Waals surface area contributed by atoms with E-state index in [1.54, 1.807) is 18.4 Å². The van der Waals surface area contributed by atoms with Crippen molar-refractivity contribution in [1.82, 2.24) is 9.55 Å². The van der Waals surface area contributed by atoms with Gasteiger partial charge in [0.1, 0.15) is 0 Å². The van der Waals surface area contributed by atoms with Gasteiger partial charge in [0.25, 0.3) is 0 Å². The molecule has 0 spiro atoms. The normalized spacial score (nSPS) is 18.6. The van der Waals surface area contributed by atoms with Crippen LogP contribution >= 0.6 is 11.3 Å². The molecule has 1 saturated heterocycles. The fourth-order valence-corrected chi connectivity index (χ4v) is 5.82. The van der Waals surface area contributed by atoms with Gasteiger partial charge in [-0.05, 0) is 33.3 Å². The van der Waals surface area contributed by atoms with Gasteiger partial charge in [0.2, 0.25) is 5.78 Å². The summed E-state index contributed by atoms with van der Waals surface area (Å²) in [6, 6.07) is 1.59. The number of rotatable bonds is 6. The molecule has 0 radical (unpaired) electrons. The summed E-state index contributed by atoms with van der Waals surface area (Å²) in [6.45, 7) is 5.17. The number of hydrogen-bond acceptors (Lipinski definition) is 7. The number of nitrogens with zero attached hydrogens (tertiary/aromatic N) is 2. The largest absolute Gasteiger partial charge is 0.457 e. The highest BCUT2D eigenvalue weighted by Gasteiger charge is 2.31. The Balaban J connectivity index is 1.65. The molecule has 7 nitrogen and oxygen atoms in total. The summed E-state index contributed by atoms with van der Waals surface area (Å²) in [6.07, 6.45) is 0.588. The Kier molecular flexibility index (Phi) is 5.53. The highest BCUT2D eigenvalue weighted by molar-refractivity contribution is 7.91. The first-order valence-corrected chi connectivity index (χ1v) is 11.3. The first-order chi connectivity index (χ1) is 12.7. The molecule has 2 aromatic rings. The van der Waals surface area contributed by atoms with Crippen LogP contribution in [0.3, 0.4) is 0 Å². The van der Waals surface area contributed by atoms with Crippen LogP contribution in [0, 0.1) is 20.8 Å². The third kappa shape index (κ3) is 4.47. The van der Waals surface area contributed by atoms with E-state index in [9.17, 15) is 18.0 Å². The van der Waals surface area contributed by atoms with Gasteiger partial charge < -0.3 is 9.30 Å². The summed E-state index contributed by atoms with van der Waals surface area (Å²) in [5, 5.41) is 2.66. The fraction of sp³-hybridized carbons (Fsp3) is 0.500. The number of carbonyl (C=O) groups is 2. The van der Waals surface area contributed by atoms with Crippen LogP contribution in [-0.2, 0) is 25.8 Å². The van der Waals surface area contributed by atoms with Gasteiger partial charge in [-0.15, -0.1) is 11.3 Å². The molecule has 0 unspecified atom stereocenters. The van der Waals surface area contributed by atoms with Gasteiger partial charge in [-0.25, -0.2) is 13.4 Å². The number of ketones is 1. The molecule has 146 valence electrons. The Hall–Kier alpha value is -2.00. The van der Waals surface area contributed by atoms with Crippen LogP contribution in [0.25, 0.3) is 0 Å². The lowest BCUT2D eigenvalue weighted by Gasteiger charge is -2.16. The van der Waals surface area contributed by atoms with Crippen molar-refractivity contribution in [2.75, 3.05) is 18.1 Å². The summed E-state index contributed by atoms with van der Waals surface area (Å²) >= 11 is 1.45. The number of Topliss-reactive ketones (excluding diaryl/α,β-unsaturated/α-hetero) is 1. The Morgan fingerprint density at radius 2 is 2.07 bits per heavy atom. The number of sulfone groups is 1. The second-order valence-electron chi connectivity index (χ2n) is 6.83. The number of hydrogen-bond donors (Lipinski definition) is 0. The molecule has 27 heavy (non-hydrogen) atoms. The lowest BCUT2D eigenvalue weighted by molar-refractivity contribution is -0.141. The third-order valence-electron chi connectivity index (χ3n) is 4.71. The summed E-state index contributed by atoms with van der Waals surface area (Å²) in [5.41, 5.74) is 2.65. The standard InChI is InChI=1S/C18H22N2O5S2/c1-11-6-16(12(2)20(11)15-4-5-27(23,24)10-15)17(21)8-25-18(22)7-14-9-26-13(3)19-14/h6,9,15H,4-5,7-8,10H2,1-3H3/t15-/m0/s1. The van der Waals surface area contributed by atoms with E-state index in [2.05, 4.69) is 4.98 Å². The summed E-state index contributed by atoms with van der Waals surface area (Å²) in [7, 11) is -3.02. The maximum absolute atomic E-state index is 12.5. The third-order valence-corrected chi connectivity index (χ3v) is 7.29. The summed E-state index contributed by atoms with van der Waals surface area (Å²) in [4.78, 5) is 28.6. The molecule has 0 aromatic carbocycles. The maximum Gasteiger partial charge on any atom is 0.312 e. The number of ether oxygens (including phenoxy) is 1. The smallest absolute Gasteiger partial charge is 0.312 e. The summed E-state index contributed by atoms with van der Waals surface area (Å²) in [5.74, 6) is -0.521. The highest BCUT2D eigenvalue weighted by atomic mass is 32.2. The van der Waals surface area contributed by atoms with E-state index < -0.39 is 15.8 Å². The zero-order chi connectivity index (χ0) is 19.8. The van der Waals surface area contributed by atoms with Crippen molar-refractivity contribution in [3.63, 3.8) is 0 Å². The first kappa shape index (κ1) is 19.8. The monoisotopic (exact) mass is 410 g/mol. The molecule has 0 bridgehead atoms. The molecule has 3 heterocycles. The van der Waals surface area contributed by atoms with Crippen molar-refractivity contribution >= 4 is 32.9 Å². The van der Waals surface area contributed by atoms with Gasteiger partial charge in [0.05, 0.1) is 28.6 Å². The van der Waals surface area contributed by atoms with Gasteiger partial charge in [-0.3, -0.25) is 9.59 Å². The van der Waals surface area contributed by atoms with E-state index in [1.165, 1.54) is 11.3 Å². The molecule has 1 aliphatic heterocycles. The lowest BCUT2D eigenvalue weighted by Crippen LogP contribution is -2.17. The molecule has 0 amide bonds. The van der Waals surface area contributed by atoms with Crippen molar-refractivity contribution in [2.24, 2.45) is 0 Å². The van der Waals surface area contributed by atoms with E-state index in [-0.39, 0.29) is 36.4 Å². The molecule has 3 rings (SSSR count). The van der Waals surface area contributed by atoms with Gasteiger partial charge >= 0.3 is 5.97 Å². The first-order valence-electron chi connectivity index (χ1n) is 8.65. The van der Waals surface area contributed by atoms with E-state index in [4.69, 9.17) is 4.74 Å². The predicted octanol–water partition coefficient (Wildman–Crippen LogP) is 2.20. The van der Waals surface area contributed by atoms with E-state index >= 15 is 0 Å². The van der Waals surface area contributed by atoms with Crippen molar-refractivity contribution in [1.29, 1.82) is 0 Å². The minimum Gasteiger partial charge on any atom is -0.457 e. The average Bonchev–Trinajstić information content (AvgIpc) is 3.23. The molecular weight excluding hydrogens is 388 g/mol. The number of thiazole rings is 1. The molecule has 0 saturated carbocycles. The Morgan fingerprint density at radius 1 is 1.33 bits per heavy atom. The molecule has 0 N–H and O–H groups in total. The molecular formula is C18H22N2O5S2. The minimum atomic E-state index is -3.02. The van der Waals surface area contributed by atoms with Crippen molar-refractivity contribution in [3.05, 3.63) is 39.1 Å². The van der Waals surface area contributed by atoms with Crippen molar-refractivity contribution in [3.8, 4) is 0 Å². The molecule has 1 atom stereocenters. The van der Waals surface area contributed by atoms with Gasteiger partial charge in [0, 0.05) is 28.4 Å². The number of esters is 1. The average molecular weight is 411 g/mol. The molecule has 2 aromatic heterocycles. The molecule has 9 heteroatoms. The van der Waals surface area contributed by atoms with Gasteiger partial charge in [-0.1, -0.05) is 0 Å². The van der Waals surface area contributed by atoms with E-state index in [0.717, 1.165) is 10.7 Å². The number of aryl methyl sites for hydroxylation is 2. The van der Waals surface area contributed by atoms with Crippen LogP contribution in [-0.4, -0.2) is 47.8 Å². The second kappa shape index (κ2) is 7.55. The molecule has 0 aliphatic carbocycles. The Morgan fingerprint density at radius 3 is 2.67 bits per heavy atom. The van der Waals surface area contributed by atoms with E-state index in [0.29, 0.717) is 23.4 Å². The maximum atomic E-state index is 12.5. The SMILES string of the molecule is Cc1nc(CC(=O)OCC(=O)c2cc(C)n([C@H]3CCS(=O)(=O)C3)c2C)cs1. The summed E-state index contributed by atoms with van der Waals surface area (Å²) < 4.78 is 30.5. The predicted molar refractivity (Wildman–Crippen MR) is 102 cm³/mol. The molecule has 1 aliphatic rings. The van der Waals surface area contributed by atoms with Crippen LogP contribution in [0.2, 0.25) is 0 Å². The van der Waals surface area contributed by atoms with Crippen LogP contribution in [0.4, 0.5) is 0 Å². The zero-order valence-electron chi connectivity index (χ0n) is 15.5. The Labute approximate surface area is 162 Å². The number of carbonyl (C=O) groups excluding carboxylic acids is 2. The zero-order valence-corrected chi connectivity index (χ0v) is 17.2. The van der Waals surface area contributed by atoms with Crippen molar-refractivity contribution < 1.29 is 22.7 Å². The number of aromatic nitrogens is 2. The van der Waals surface area contributed by atoms with Gasteiger partial charge in [-0.2, -0.15) is 0 Å². The topological polar surface area (TPSA) is 95.3 Å². The van der Waals surface area contributed by atoms with E-state index in [1.807, 2.05) is 18.4 Å². The highest BCUT2D eigenvalue weighted by Crippen LogP contribution is 2.29. The Bertz CT molecular complexity index is 988. The lowest BCUT2D eigenvalue weighted by atomic mass is 10.1. The van der Waals surface area contributed by atoms with Crippen LogP contribution in [0.15, 0.2) is 11.4 Å². The quantitative estimate of drug-likeness (QED) is 0.535. The van der Waals surface area contributed by atoms with Crippen LogP contribution in [0.1, 0.15) is 44.9 Å². The van der Waals surface area contributed by atoms with Crippen LogP contribution < -0.4 is 0 Å². The van der Waals surface area contributed by atoms with Crippen LogP contribution in [0.5, 0.6) is 0 Å². The fourth-order valence-electron chi connectivity index (χ4n) is 3.51.